The Hall–Kier alpha value is -1.84. The summed E-state index contributed by atoms with van der Waals surface area (Å²) in [5.74, 6) is -0.811. The van der Waals surface area contributed by atoms with E-state index in [2.05, 4.69) is 5.32 Å². The van der Waals surface area contributed by atoms with Crippen LogP contribution in [0.3, 0.4) is 0 Å². The van der Waals surface area contributed by atoms with Gasteiger partial charge in [-0.05, 0) is 37.7 Å². The molecule has 0 atom stereocenters. The summed E-state index contributed by atoms with van der Waals surface area (Å²) >= 11 is 0. The predicted molar refractivity (Wildman–Crippen MR) is 90.1 cm³/mol. The molecule has 4 heteroatoms. The van der Waals surface area contributed by atoms with Crippen molar-refractivity contribution in [3.8, 4) is 0 Å². The van der Waals surface area contributed by atoms with Gasteiger partial charge >= 0.3 is 5.97 Å². The Morgan fingerprint density at radius 1 is 1.17 bits per heavy atom. The maximum atomic E-state index is 12.7. The molecule has 0 aromatic heterocycles. The molecule has 1 aromatic carbocycles. The van der Waals surface area contributed by atoms with E-state index in [9.17, 15) is 14.7 Å². The van der Waals surface area contributed by atoms with E-state index in [-0.39, 0.29) is 17.9 Å². The van der Waals surface area contributed by atoms with E-state index < -0.39 is 11.4 Å². The number of hydrogen-bond donors (Lipinski definition) is 2. The normalized spacial score (nSPS) is 16.4. The number of hydrogen-bond acceptors (Lipinski definition) is 2. The zero-order valence-corrected chi connectivity index (χ0v) is 14.1. The van der Waals surface area contributed by atoms with E-state index in [1.807, 2.05) is 44.2 Å². The van der Waals surface area contributed by atoms with E-state index in [1.165, 1.54) is 0 Å². The number of carbonyl (C=O) groups is 2. The molecular weight excluding hydrogens is 290 g/mol. The largest absolute Gasteiger partial charge is 0.481 e. The summed E-state index contributed by atoms with van der Waals surface area (Å²) in [5.41, 5.74) is -0.0433. The summed E-state index contributed by atoms with van der Waals surface area (Å²) in [5, 5.41) is 12.4. The smallest absolute Gasteiger partial charge is 0.311 e. The molecule has 0 bridgehead atoms. The van der Waals surface area contributed by atoms with Crippen LogP contribution >= 0.6 is 0 Å². The van der Waals surface area contributed by atoms with Crippen LogP contribution in [-0.4, -0.2) is 23.5 Å². The van der Waals surface area contributed by atoms with Gasteiger partial charge in [-0.1, -0.05) is 50.6 Å². The van der Waals surface area contributed by atoms with Crippen molar-refractivity contribution in [1.29, 1.82) is 0 Å². The minimum atomic E-state index is -0.854. The first kappa shape index (κ1) is 17.5. The van der Waals surface area contributed by atoms with E-state index >= 15 is 0 Å². The quantitative estimate of drug-likeness (QED) is 0.772. The second-order valence-corrected chi connectivity index (χ2v) is 6.77. The van der Waals surface area contributed by atoms with Gasteiger partial charge in [-0.15, -0.1) is 0 Å². The van der Waals surface area contributed by atoms with Gasteiger partial charge in [-0.25, -0.2) is 0 Å². The number of carboxylic acid groups (broad SMARTS) is 1. The molecule has 0 spiro atoms. The molecule has 1 aromatic rings. The van der Waals surface area contributed by atoms with Crippen molar-refractivity contribution in [2.75, 3.05) is 6.54 Å². The van der Waals surface area contributed by atoms with Crippen LogP contribution in [0, 0.1) is 10.8 Å². The fourth-order valence-corrected chi connectivity index (χ4v) is 3.39. The van der Waals surface area contributed by atoms with Crippen LogP contribution in [0.4, 0.5) is 0 Å². The van der Waals surface area contributed by atoms with Gasteiger partial charge in [-0.2, -0.15) is 0 Å². The average molecular weight is 317 g/mol. The Labute approximate surface area is 138 Å². The van der Waals surface area contributed by atoms with Gasteiger partial charge in [0.2, 0.25) is 5.91 Å². The molecular formula is C19H27NO3. The summed E-state index contributed by atoms with van der Waals surface area (Å²) in [6, 6.07) is 10.0. The molecule has 0 heterocycles. The van der Waals surface area contributed by atoms with Gasteiger partial charge < -0.3 is 10.4 Å². The van der Waals surface area contributed by atoms with Gasteiger partial charge in [-0.3, -0.25) is 9.59 Å². The number of carboxylic acids is 1. The first-order valence-electron chi connectivity index (χ1n) is 8.54. The van der Waals surface area contributed by atoms with Crippen LogP contribution in [-0.2, 0) is 16.0 Å². The molecule has 1 saturated carbocycles. The summed E-state index contributed by atoms with van der Waals surface area (Å²) in [4.78, 5) is 24.3. The molecule has 1 aliphatic carbocycles. The molecule has 4 nitrogen and oxygen atoms in total. The predicted octanol–water partition coefficient (Wildman–Crippen LogP) is 3.41. The SMILES string of the molecule is CCC(CC)(CNC(=O)C1(Cc2ccccc2)CCC1)C(=O)O. The Morgan fingerprint density at radius 2 is 1.78 bits per heavy atom. The van der Waals surface area contributed by atoms with Gasteiger partial charge in [0.25, 0.3) is 0 Å². The molecule has 1 fully saturated rings. The molecule has 126 valence electrons. The Kier molecular flexibility index (Phi) is 5.45. The van der Waals surface area contributed by atoms with Crippen molar-refractivity contribution < 1.29 is 14.7 Å². The van der Waals surface area contributed by atoms with Crippen LogP contribution in [0.15, 0.2) is 30.3 Å². The number of amides is 1. The second kappa shape index (κ2) is 7.16. The summed E-state index contributed by atoms with van der Waals surface area (Å²) in [7, 11) is 0. The Bertz CT molecular complexity index is 545. The van der Waals surface area contributed by atoms with Crippen LogP contribution in [0.1, 0.15) is 51.5 Å². The maximum absolute atomic E-state index is 12.7. The van der Waals surface area contributed by atoms with Crippen molar-refractivity contribution in [3.63, 3.8) is 0 Å². The summed E-state index contributed by atoms with van der Waals surface area (Å²) < 4.78 is 0. The molecule has 0 radical (unpaired) electrons. The fraction of sp³-hybridized carbons (Fsp3) is 0.579. The van der Waals surface area contributed by atoms with Crippen molar-refractivity contribution in [2.24, 2.45) is 10.8 Å². The number of aliphatic carboxylic acids is 1. The topological polar surface area (TPSA) is 66.4 Å². The van der Waals surface area contributed by atoms with E-state index in [0.29, 0.717) is 12.8 Å². The molecule has 1 amide bonds. The zero-order chi connectivity index (χ0) is 16.9. The van der Waals surface area contributed by atoms with Crippen LogP contribution in [0.2, 0.25) is 0 Å². The minimum absolute atomic E-state index is 0.0140. The molecule has 1 aliphatic rings. The van der Waals surface area contributed by atoms with Crippen LogP contribution in [0.25, 0.3) is 0 Å². The monoisotopic (exact) mass is 317 g/mol. The summed E-state index contributed by atoms with van der Waals surface area (Å²) in [6.45, 7) is 3.95. The van der Waals surface area contributed by atoms with Crippen molar-refractivity contribution in [2.45, 2.75) is 52.4 Å². The van der Waals surface area contributed by atoms with Gasteiger partial charge in [0.1, 0.15) is 0 Å². The van der Waals surface area contributed by atoms with Gasteiger partial charge in [0.05, 0.1) is 10.8 Å². The first-order chi connectivity index (χ1) is 11.0. The average Bonchev–Trinajstić information content (AvgIpc) is 2.53. The fourth-order valence-electron chi connectivity index (χ4n) is 3.39. The van der Waals surface area contributed by atoms with Gasteiger partial charge in [0, 0.05) is 6.54 Å². The summed E-state index contributed by atoms with van der Waals surface area (Å²) in [6.07, 6.45) is 4.59. The minimum Gasteiger partial charge on any atom is -0.481 e. The molecule has 0 unspecified atom stereocenters. The zero-order valence-electron chi connectivity index (χ0n) is 14.1. The van der Waals surface area contributed by atoms with Crippen molar-refractivity contribution >= 4 is 11.9 Å². The van der Waals surface area contributed by atoms with Gasteiger partial charge in [0.15, 0.2) is 0 Å². The maximum Gasteiger partial charge on any atom is 0.311 e. The highest BCUT2D eigenvalue weighted by molar-refractivity contribution is 5.85. The third-order valence-electron chi connectivity index (χ3n) is 5.57. The molecule has 2 N–H and O–H groups in total. The third-order valence-corrected chi connectivity index (χ3v) is 5.57. The van der Waals surface area contributed by atoms with Crippen LogP contribution < -0.4 is 5.32 Å². The lowest BCUT2D eigenvalue weighted by molar-refractivity contribution is -0.150. The van der Waals surface area contributed by atoms with Crippen molar-refractivity contribution in [1.82, 2.24) is 5.32 Å². The molecule has 0 aliphatic heterocycles. The second-order valence-electron chi connectivity index (χ2n) is 6.77. The lowest BCUT2D eigenvalue weighted by Crippen LogP contribution is -2.51. The lowest BCUT2D eigenvalue weighted by Gasteiger charge is -2.41. The molecule has 23 heavy (non-hydrogen) atoms. The highest BCUT2D eigenvalue weighted by Crippen LogP contribution is 2.44. The first-order valence-corrected chi connectivity index (χ1v) is 8.54. The Morgan fingerprint density at radius 3 is 2.22 bits per heavy atom. The number of nitrogens with one attached hydrogen (secondary N) is 1. The van der Waals surface area contributed by atoms with Crippen LogP contribution in [0.5, 0.6) is 0 Å². The standard InChI is InChI=1S/C19H27NO3/c1-3-18(4-2,17(22)23)14-20-16(21)19(11-8-12-19)13-15-9-6-5-7-10-15/h5-7,9-10H,3-4,8,11-14H2,1-2H3,(H,20,21)(H,22,23). The van der Waals surface area contributed by atoms with E-state index in [4.69, 9.17) is 0 Å². The number of rotatable bonds is 8. The Balaban J connectivity index is 2.04. The third kappa shape index (κ3) is 3.57. The number of carbonyl (C=O) groups excluding carboxylic acids is 1. The highest BCUT2D eigenvalue weighted by Gasteiger charge is 2.45. The molecule has 0 saturated heterocycles. The highest BCUT2D eigenvalue weighted by atomic mass is 16.4. The van der Waals surface area contributed by atoms with Crippen molar-refractivity contribution in [3.05, 3.63) is 35.9 Å². The molecule has 2 rings (SSSR count). The lowest BCUT2D eigenvalue weighted by atomic mass is 9.64. The van der Waals surface area contributed by atoms with E-state index in [1.54, 1.807) is 0 Å². The van der Waals surface area contributed by atoms with E-state index in [0.717, 1.165) is 31.2 Å². The number of benzene rings is 1.